The van der Waals surface area contributed by atoms with Gasteiger partial charge in [0.05, 0.1) is 31.0 Å². The molecule has 0 aliphatic rings. The van der Waals surface area contributed by atoms with Crippen LogP contribution in [-0.4, -0.2) is 74.1 Å². The number of aromatic hydroxyl groups is 1. The number of phenols is 1. The lowest BCUT2D eigenvalue weighted by molar-refractivity contribution is -0.146. The molecule has 368 valence electrons. The molecule has 5 aromatic rings. The number of aromatic nitrogens is 1. The molecule has 68 heavy (non-hydrogen) atoms. The standard InChI is InChI=1S/C21H21NO7.C20H23NO6.C3Cl6O3/c1-4-26-20(24)12-27-18-8-6-15(10-19(18)28-14(3)23)11-22-16-9-13(2)5-7-17(16)29-21(22)25;1-4-25-20(24)12-26-18-8-6-15(10-19(18)27-14(3)22)11-21-16-9-13(2)5-7-17(16)23;4-2(5,6)11-1(10)12-3(7,8)9/h5-10H,4,11-12H2,1-3H3;5-10,21,23H,4,11-12H2,1-3H3;. The number of esters is 4. The van der Waals surface area contributed by atoms with E-state index < -0.39 is 43.7 Å². The summed E-state index contributed by atoms with van der Waals surface area (Å²) in [4.78, 5) is 68.6. The third-order valence-electron chi connectivity index (χ3n) is 8.02. The highest BCUT2D eigenvalue weighted by atomic mass is 35.6. The first kappa shape index (κ1) is 56.6. The van der Waals surface area contributed by atoms with Gasteiger partial charge in [-0.15, -0.1) is 0 Å². The largest absolute Gasteiger partial charge is 0.515 e. The normalized spacial score (nSPS) is 10.8. The number of carbonyl (C=O) groups excluding carboxylic acids is 5. The number of anilines is 1. The van der Waals surface area contributed by atoms with Crippen molar-refractivity contribution in [2.45, 2.75) is 62.6 Å². The molecule has 18 nitrogen and oxygen atoms in total. The molecule has 0 spiro atoms. The van der Waals surface area contributed by atoms with Gasteiger partial charge in [0.25, 0.3) is 0 Å². The zero-order chi connectivity index (χ0) is 50.8. The number of aryl methyl sites for hydroxylation is 2. The van der Waals surface area contributed by atoms with Crippen molar-refractivity contribution in [3.8, 4) is 28.7 Å². The Balaban J connectivity index is 0.000000293. The zero-order valence-electron chi connectivity index (χ0n) is 37.0. The van der Waals surface area contributed by atoms with Crippen LogP contribution in [0.3, 0.4) is 0 Å². The van der Waals surface area contributed by atoms with E-state index in [0.717, 1.165) is 16.7 Å². The molecular formula is C44H44Cl6N2O16. The van der Waals surface area contributed by atoms with E-state index >= 15 is 0 Å². The minimum absolute atomic E-state index is 0.148. The number of fused-ring (bicyclic) bond motifs is 1. The summed E-state index contributed by atoms with van der Waals surface area (Å²) in [6, 6.07) is 20.7. The van der Waals surface area contributed by atoms with Crippen molar-refractivity contribution in [1.29, 1.82) is 0 Å². The van der Waals surface area contributed by atoms with Gasteiger partial charge in [-0.2, -0.15) is 0 Å². The molecule has 0 bridgehead atoms. The number of halogens is 6. The molecule has 0 fully saturated rings. The Hall–Kier alpha value is -5.76. The first-order chi connectivity index (χ1) is 31.9. The molecule has 1 aromatic heterocycles. The van der Waals surface area contributed by atoms with Crippen LogP contribution >= 0.6 is 69.6 Å². The van der Waals surface area contributed by atoms with Gasteiger partial charge in [0.15, 0.2) is 41.8 Å². The molecule has 0 radical (unpaired) electrons. The van der Waals surface area contributed by atoms with Crippen molar-refractivity contribution < 1.29 is 71.4 Å². The number of phenolic OH excluding ortho intramolecular Hbond substituents is 1. The third kappa shape index (κ3) is 20.6. The molecular weight excluding hydrogens is 1030 g/mol. The number of carbonyl (C=O) groups is 5. The minimum Gasteiger partial charge on any atom is -0.506 e. The van der Waals surface area contributed by atoms with Crippen molar-refractivity contribution in [2.24, 2.45) is 0 Å². The summed E-state index contributed by atoms with van der Waals surface area (Å²) in [5.74, 6) is -1.57. The van der Waals surface area contributed by atoms with Crippen LogP contribution in [0.15, 0.2) is 82.0 Å². The molecule has 1 heterocycles. The molecule has 4 aromatic carbocycles. The average Bonchev–Trinajstić information content (AvgIpc) is 3.52. The molecule has 24 heteroatoms. The topological polar surface area (TPSA) is 227 Å². The molecule has 0 saturated heterocycles. The van der Waals surface area contributed by atoms with Crippen LogP contribution in [0.4, 0.5) is 10.5 Å². The number of rotatable bonds is 15. The third-order valence-corrected chi connectivity index (χ3v) is 8.48. The number of ether oxygens (including phenoxy) is 8. The summed E-state index contributed by atoms with van der Waals surface area (Å²) in [7, 11) is 0. The Labute approximate surface area is 418 Å². The van der Waals surface area contributed by atoms with Gasteiger partial charge in [0, 0.05) is 20.4 Å². The highest BCUT2D eigenvalue weighted by molar-refractivity contribution is 6.67. The smallest absolute Gasteiger partial charge is 0.506 e. The number of benzene rings is 4. The van der Waals surface area contributed by atoms with E-state index in [1.54, 1.807) is 62.4 Å². The summed E-state index contributed by atoms with van der Waals surface area (Å²) >= 11 is 30.2. The maximum atomic E-state index is 12.3. The molecule has 0 saturated carbocycles. The Kier molecular flexibility index (Phi) is 22.2. The van der Waals surface area contributed by atoms with E-state index in [1.165, 1.54) is 18.4 Å². The Morgan fingerprint density at radius 1 is 0.662 bits per heavy atom. The SMILES string of the molecule is CCOC(=O)COc1ccc(CNc2cc(C)ccc2O)cc1OC(C)=O.CCOC(=O)COc1ccc(Cn2c(=O)oc3ccc(C)cc32)cc1OC(C)=O.O=C(OC(Cl)(Cl)Cl)OC(Cl)(Cl)Cl. The van der Waals surface area contributed by atoms with Crippen molar-refractivity contribution in [3.63, 3.8) is 0 Å². The zero-order valence-corrected chi connectivity index (χ0v) is 41.5. The van der Waals surface area contributed by atoms with Gasteiger partial charge in [0.2, 0.25) is 0 Å². The van der Waals surface area contributed by atoms with Crippen LogP contribution in [0.5, 0.6) is 28.7 Å². The number of alkyl halides is 6. The maximum Gasteiger partial charge on any atom is 0.515 e. The van der Waals surface area contributed by atoms with Crippen LogP contribution in [-0.2, 0) is 51.2 Å². The number of hydrogen-bond acceptors (Lipinski definition) is 17. The molecule has 0 amide bonds. The van der Waals surface area contributed by atoms with Gasteiger partial charge in [-0.05, 0) is 168 Å². The Bertz CT molecular complexity index is 2590. The second kappa shape index (κ2) is 26.7. The van der Waals surface area contributed by atoms with E-state index in [0.29, 0.717) is 28.9 Å². The van der Waals surface area contributed by atoms with Crippen LogP contribution in [0.1, 0.15) is 49.9 Å². The van der Waals surface area contributed by atoms with E-state index in [1.807, 2.05) is 38.1 Å². The maximum absolute atomic E-state index is 12.3. The van der Waals surface area contributed by atoms with Gasteiger partial charge in [-0.1, -0.05) is 24.3 Å². The lowest BCUT2D eigenvalue weighted by Gasteiger charge is -2.15. The molecule has 0 atom stereocenters. The quantitative estimate of drug-likeness (QED) is 0.0327. The van der Waals surface area contributed by atoms with Gasteiger partial charge in [-0.3, -0.25) is 14.2 Å². The lowest BCUT2D eigenvalue weighted by atomic mass is 10.1. The summed E-state index contributed by atoms with van der Waals surface area (Å²) in [6.07, 6.45) is -1.41. The van der Waals surface area contributed by atoms with Crippen molar-refractivity contribution >= 4 is 116 Å². The summed E-state index contributed by atoms with van der Waals surface area (Å²) in [5, 5.41) is 13.0. The molecule has 0 aliphatic carbocycles. The Morgan fingerprint density at radius 3 is 1.65 bits per heavy atom. The van der Waals surface area contributed by atoms with Crippen LogP contribution < -0.4 is 30.0 Å². The minimum atomic E-state index is -2.24. The summed E-state index contributed by atoms with van der Waals surface area (Å²) in [5.41, 5.74) is 5.27. The fraction of sp³-hybridized carbons (Fsp3) is 0.318. The highest BCUT2D eigenvalue weighted by Crippen LogP contribution is 2.33. The number of nitrogens with zero attached hydrogens (tertiary/aromatic N) is 1. The van der Waals surface area contributed by atoms with Gasteiger partial charge in [0.1, 0.15) is 5.75 Å². The predicted octanol–water partition coefficient (Wildman–Crippen LogP) is 9.79. The molecule has 0 aliphatic heterocycles. The predicted molar refractivity (Wildman–Crippen MR) is 252 cm³/mol. The van der Waals surface area contributed by atoms with Crippen LogP contribution in [0.25, 0.3) is 11.1 Å². The summed E-state index contributed by atoms with van der Waals surface area (Å²) in [6.45, 7) is 10.3. The van der Waals surface area contributed by atoms with E-state index in [9.17, 15) is 33.9 Å². The number of nitrogens with one attached hydrogen (secondary N) is 1. The van der Waals surface area contributed by atoms with Crippen LogP contribution in [0, 0.1) is 13.8 Å². The first-order valence-corrected chi connectivity index (χ1v) is 22.0. The number of oxazole rings is 1. The van der Waals surface area contributed by atoms with Crippen molar-refractivity contribution in [2.75, 3.05) is 31.7 Å². The average molecular weight is 1070 g/mol. The Morgan fingerprint density at radius 2 is 1.15 bits per heavy atom. The summed E-state index contributed by atoms with van der Waals surface area (Å²) < 4.78 is 41.1. The highest BCUT2D eigenvalue weighted by Gasteiger charge is 2.32. The molecule has 2 N–H and O–H groups in total. The van der Waals surface area contributed by atoms with E-state index in [2.05, 4.69) is 14.8 Å². The number of hydrogen-bond donors (Lipinski definition) is 2. The van der Waals surface area contributed by atoms with Crippen LogP contribution in [0.2, 0.25) is 0 Å². The van der Waals surface area contributed by atoms with E-state index in [4.69, 9.17) is 102 Å². The lowest BCUT2D eigenvalue weighted by Crippen LogP contribution is -2.22. The fourth-order valence-corrected chi connectivity index (χ4v) is 5.78. The molecule has 5 rings (SSSR count). The van der Waals surface area contributed by atoms with Gasteiger partial charge < -0.3 is 52.7 Å². The van der Waals surface area contributed by atoms with Gasteiger partial charge in [-0.25, -0.2) is 19.2 Å². The van der Waals surface area contributed by atoms with Crippen molar-refractivity contribution in [1.82, 2.24) is 4.57 Å². The molecule has 0 unspecified atom stereocenters. The van der Waals surface area contributed by atoms with Gasteiger partial charge >= 0.3 is 43.7 Å². The second-order valence-corrected chi connectivity index (χ2v) is 17.9. The van der Waals surface area contributed by atoms with Crippen molar-refractivity contribution in [3.05, 3.63) is 106 Å². The fourth-order valence-electron chi connectivity index (χ4n) is 5.40. The first-order valence-electron chi connectivity index (χ1n) is 19.7. The monoisotopic (exact) mass is 1070 g/mol. The second-order valence-electron chi connectivity index (χ2n) is 13.6. The van der Waals surface area contributed by atoms with E-state index in [-0.39, 0.29) is 61.7 Å².